The van der Waals surface area contributed by atoms with Crippen LogP contribution in [0.5, 0.6) is 11.5 Å². The third kappa shape index (κ3) is 6.23. The Balaban J connectivity index is 0.00000280. The summed E-state index contributed by atoms with van der Waals surface area (Å²) in [5.74, 6) is 1.86. The van der Waals surface area contributed by atoms with Crippen LogP contribution in [-0.2, 0) is 19.3 Å². The molecule has 8 heteroatoms. The van der Waals surface area contributed by atoms with E-state index in [0.717, 1.165) is 35.0 Å². The minimum absolute atomic E-state index is 0. The molecule has 0 radical (unpaired) electrons. The highest BCUT2D eigenvalue weighted by Gasteiger charge is 2.14. The quantitative estimate of drug-likeness (QED) is 0.309. The van der Waals surface area contributed by atoms with E-state index in [4.69, 9.17) is 20.2 Å². The molecule has 0 bridgehead atoms. The maximum absolute atomic E-state index is 6.08. The van der Waals surface area contributed by atoms with Gasteiger partial charge in [-0.1, -0.05) is 0 Å². The van der Waals surface area contributed by atoms with E-state index in [1.54, 1.807) is 0 Å². The molecule has 0 amide bonds. The summed E-state index contributed by atoms with van der Waals surface area (Å²) in [4.78, 5) is 10.7. The highest BCUT2D eigenvalue weighted by molar-refractivity contribution is 14.0. The van der Waals surface area contributed by atoms with Crippen molar-refractivity contribution in [3.63, 3.8) is 0 Å². The number of halogens is 1. The number of hydrogen-bond acceptors (Lipinski definition) is 5. The normalized spacial score (nSPS) is 13.4. The highest BCUT2D eigenvalue weighted by Crippen LogP contribution is 2.29. The Morgan fingerprint density at radius 2 is 2.00 bits per heavy atom. The first-order valence-corrected chi connectivity index (χ1v) is 10.4. The maximum atomic E-state index is 6.08. The molecular formula is C20H29IN4O2S. The van der Waals surface area contributed by atoms with Gasteiger partial charge in [0, 0.05) is 23.9 Å². The second-order valence-electron chi connectivity index (χ2n) is 6.35. The number of nitrogens with two attached hydrogens (primary N) is 1. The summed E-state index contributed by atoms with van der Waals surface area (Å²) >= 11 is 1.83. The van der Waals surface area contributed by atoms with Crippen molar-refractivity contribution in [3.8, 4) is 11.5 Å². The number of thiazole rings is 1. The lowest BCUT2D eigenvalue weighted by molar-refractivity contribution is 0.332. The summed E-state index contributed by atoms with van der Waals surface area (Å²) in [6, 6.07) is 5.65. The summed E-state index contributed by atoms with van der Waals surface area (Å²) in [5, 5.41) is 4.29. The van der Waals surface area contributed by atoms with Crippen molar-refractivity contribution in [1.82, 2.24) is 4.98 Å². The molecule has 0 saturated heterocycles. The monoisotopic (exact) mass is 516 g/mol. The van der Waals surface area contributed by atoms with Crippen molar-refractivity contribution in [2.24, 2.45) is 10.7 Å². The van der Waals surface area contributed by atoms with Crippen molar-refractivity contribution < 1.29 is 9.47 Å². The van der Waals surface area contributed by atoms with Gasteiger partial charge in [0.05, 0.1) is 29.6 Å². The van der Waals surface area contributed by atoms with E-state index in [2.05, 4.69) is 10.3 Å². The van der Waals surface area contributed by atoms with Gasteiger partial charge in [-0.3, -0.25) is 4.99 Å². The number of aromatic nitrogens is 1. The number of aryl methyl sites for hydroxylation is 2. The molecule has 1 aliphatic rings. The van der Waals surface area contributed by atoms with Gasteiger partial charge >= 0.3 is 0 Å². The molecule has 0 unspecified atom stereocenters. The minimum atomic E-state index is 0. The van der Waals surface area contributed by atoms with Gasteiger partial charge in [-0.15, -0.1) is 35.3 Å². The third-order valence-corrected chi connectivity index (χ3v) is 5.54. The zero-order valence-corrected chi connectivity index (χ0v) is 19.6. The van der Waals surface area contributed by atoms with Gasteiger partial charge in [-0.05, 0) is 51.7 Å². The topological polar surface area (TPSA) is 81.8 Å². The van der Waals surface area contributed by atoms with Gasteiger partial charge in [0.1, 0.15) is 11.5 Å². The molecular weight excluding hydrogens is 487 g/mol. The third-order valence-electron chi connectivity index (χ3n) is 4.32. The Hall–Kier alpha value is -1.55. The van der Waals surface area contributed by atoms with Crippen molar-refractivity contribution in [1.29, 1.82) is 0 Å². The Morgan fingerprint density at radius 1 is 1.21 bits per heavy atom. The number of nitrogens with one attached hydrogen (secondary N) is 1. The van der Waals surface area contributed by atoms with E-state index >= 15 is 0 Å². The van der Waals surface area contributed by atoms with Crippen LogP contribution in [0.15, 0.2) is 23.2 Å². The fourth-order valence-electron chi connectivity index (χ4n) is 3.11. The van der Waals surface area contributed by atoms with Gasteiger partial charge in [0.25, 0.3) is 0 Å². The number of ether oxygens (including phenoxy) is 2. The van der Waals surface area contributed by atoms with Crippen LogP contribution in [0.3, 0.4) is 0 Å². The molecule has 6 nitrogen and oxygen atoms in total. The fraction of sp³-hybridized carbons (Fsp3) is 0.500. The first kappa shape index (κ1) is 22.7. The van der Waals surface area contributed by atoms with Crippen LogP contribution >= 0.6 is 35.3 Å². The van der Waals surface area contributed by atoms with E-state index < -0.39 is 0 Å². The molecule has 1 heterocycles. The van der Waals surface area contributed by atoms with Crippen molar-refractivity contribution in [2.45, 2.75) is 46.0 Å². The van der Waals surface area contributed by atoms with Crippen molar-refractivity contribution in [2.75, 3.05) is 25.1 Å². The van der Waals surface area contributed by atoms with Crippen LogP contribution in [0.4, 0.5) is 5.69 Å². The van der Waals surface area contributed by atoms with Crippen LogP contribution in [0, 0.1) is 0 Å². The molecule has 3 N–H and O–H groups in total. The zero-order chi connectivity index (χ0) is 19.1. The fourth-order valence-corrected chi connectivity index (χ4v) is 4.25. The molecule has 2 aromatic rings. The van der Waals surface area contributed by atoms with Crippen LogP contribution < -0.4 is 20.5 Å². The number of nitrogens with zero attached hydrogens (tertiary/aromatic N) is 2. The van der Waals surface area contributed by atoms with Gasteiger partial charge in [-0.25, -0.2) is 4.98 Å². The predicted octanol–water partition coefficient (Wildman–Crippen LogP) is 4.41. The number of aliphatic imine (C=N–C) groups is 1. The number of fused-ring (bicyclic) bond motifs is 1. The van der Waals surface area contributed by atoms with Crippen LogP contribution in [0.2, 0.25) is 0 Å². The summed E-state index contributed by atoms with van der Waals surface area (Å²) in [5.41, 5.74) is 8.14. The lowest BCUT2D eigenvalue weighted by Gasteiger charge is -2.13. The lowest BCUT2D eigenvalue weighted by atomic mass is 10.0. The van der Waals surface area contributed by atoms with E-state index in [1.807, 2.05) is 43.4 Å². The Labute approximate surface area is 188 Å². The number of anilines is 1. The molecule has 0 atom stereocenters. The molecule has 0 aliphatic heterocycles. The Kier molecular flexibility index (Phi) is 9.30. The first-order valence-electron chi connectivity index (χ1n) is 9.63. The van der Waals surface area contributed by atoms with E-state index in [-0.39, 0.29) is 24.0 Å². The second-order valence-corrected chi connectivity index (χ2v) is 7.52. The predicted molar refractivity (Wildman–Crippen MR) is 127 cm³/mol. The van der Waals surface area contributed by atoms with Gasteiger partial charge in [0.15, 0.2) is 5.96 Å². The molecule has 28 heavy (non-hydrogen) atoms. The van der Waals surface area contributed by atoms with E-state index in [9.17, 15) is 0 Å². The lowest BCUT2D eigenvalue weighted by Crippen LogP contribution is -2.23. The van der Waals surface area contributed by atoms with Gasteiger partial charge in [-0.2, -0.15) is 0 Å². The number of hydrogen-bond donors (Lipinski definition) is 2. The minimum Gasteiger partial charge on any atom is -0.494 e. The maximum Gasteiger partial charge on any atom is 0.193 e. The molecule has 0 saturated carbocycles. The summed E-state index contributed by atoms with van der Waals surface area (Å²) < 4.78 is 11.2. The summed E-state index contributed by atoms with van der Waals surface area (Å²) in [6.45, 7) is 5.70. The van der Waals surface area contributed by atoms with Crippen LogP contribution in [0.25, 0.3) is 0 Å². The van der Waals surface area contributed by atoms with Crippen molar-refractivity contribution in [3.05, 3.63) is 33.8 Å². The largest absolute Gasteiger partial charge is 0.494 e. The molecule has 1 aromatic heterocycles. The number of guanidine groups is 1. The average Bonchev–Trinajstić information content (AvgIpc) is 3.07. The van der Waals surface area contributed by atoms with Crippen LogP contribution in [-0.4, -0.2) is 30.7 Å². The molecule has 0 spiro atoms. The van der Waals surface area contributed by atoms with E-state index in [0.29, 0.717) is 25.7 Å². The summed E-state index contributed by atoms with van der Waals surface area (Å²) in [6.07, 6.45) is 5.66. The molecule has 0 fully saturated rings. The average molecular weight is 516 g/mol. The van der Waals surface area contributed by atoms with Gasteiger partial charge in [0.2, 0.25) is 0 Å². The van der Waals surface area contributed by atoms with Gasteiger partial charge < -0.3 is 20.5 Å². The van der Waals surface area contributed by atoms with E-state index in [1.165, 1.54) is 29.8 Å². The standard InChI is InChI=1S/C20H28N4O2S.HI/c1-3-25-14-9-10-17(26-4-2)16(13-14)24-20(21)22-12-11-19-23-15-7-5-6-8-18(15)27-19;/h9-10,13H,3-8,11-12H2,1-2H3,(H3,21,22,24);1H. The Bertz CT molecular complexity index is 771. The molecule has 3 rings (SSSR count). The Morgan fingerprint density at radius 3 is 2.75 bits per heavy atom. The highest BCUT2D eigenvalue weighted by atomic mass is 127. The number of benzene rings is 1. The number of rotatable bonds is 8. The van der Waals surface area contributed by atoms with Crippen LogP contribution in [0.1, 0.15) is 42.3 Å². The smallest absolute Gasteiger partial charge is 0.193 e. The molecule has 154 valence electrons. The van der Waals surface area contributed by atoms with Crippen molar-refractivity contribution >= 4 is 47.0 Å². The summed E-state index contributed by atoms with van der Waals surface area (Å²) in [7, 11) is 0. The molecule has 1 aliphatic carbocycles. The molecule has 1 aromatic carbocycles. The zero-order valence-electron chi connectivity index (χ0n) is 16.5. The first-order chi connectivity index (χ1) is 13.2. The SMILES string of the molecule is CCOc1ccc(OCC)c(NC(N)=NCCc2nc3c(s2)CCCC3)c1.I. The second kappa shape index (κ2) is 11.5.